The van der Waals surface area contributed by atoms with Crippen LogP contribution in [-0.4, -0.2) is 52.2 Å². The fourth-order valence-electron chi connectivity index (χ4n) is 5.21. The van der Waals surface area contributed by atoms with Gasteiger partial charge in [-0.2, -0.15) is 0 Å². The molecule has 0 aliphatic carbocycles. The summed E-state index contributed by atoms with van der Waals surface area (Å²) in [5.41, 5.74) is 2.41. The second kappa shape index (κ2) is 12.2. The smallest absolute Gasteiger partial charge is 0.163 e. The Morgan fingerprint density at radius 3 is 1.14 bits per heavy atom. The van der Waals surface area contributed by atoms with Gasteiger partial charge in [0.05, 0.1) is 62.5 Å². The van der Waals surface area contributed by atoms with Gasteiger partial charge in [0.15, 0.2) is 11.6 Å². The summed E-state index contributed by atoms with van der Waals surface area (Å²) in [5, 5.41) is 2.72. The molecule has 222 valence electrons. The van der Waals surface area contributed by atoms with Crippen LogP contribution < -0.4 is 28.4 Å². The minimum atomic E-state index is -0.149. The number of ether oxygens (including phenoxy) is 6. The van der Waals surface area contributed by atoms with Crippen LogP contribution in [0.25, 0.3) is 32.7 Å². The highest BCUT2D eigenvalue weighted by Gasteiger charge is 2.25. The number of rotatable bonds is 11. The lowest BCUT2D eigenvalue weighted by molar-refractivity contribution is 0.100. The zero-order valence-electron chi connectivity index (χ0n) is 25.9. The summed E-state index contributed by atoms with van der Waals surface area (Å²) in [6.45, 7) is 10.7. The van der Waals surface area contributed by atoms with Crippen LogP contribution in [0.2, 0.25) is 0 Å². The van der Waals surface area contributed by atoms with Crippen LogP contribution in [0.4, 0.5) is 0 Å². The van der Waals surface area contributed by atoms with Gasteiger partial charge in [-0.25, -0.2) is 0 Å². The van der Waals surface area contributed by atoms with E-state index in [4.69, 9.17) is 28.4 Å². The first-order valence-electron chi connectivity index (χ1n) is 13.8. The summed E-state index contributed by atoms with van der Waals surface area (Å²) in [6, 6.07) is 11.2. The van der Waals surface area contributed by atoms with Crippen molar-refractivity contribution in [3.63, 3.8) is 0 Å². The van der Waals surface area contributed by atoms with E-state index in [1.807, 2.05) is 52.0 Å². The molecule has 0 fully saturated rings. The highest BCUT2D eigenvalue weighted by Crippen LogP contribution is 2.48. The Hall–Kier alpha value is -4.46. The molecule has 0 heterocycles. The summed E-state index contributed by atoms with van der Waals surface area (Å²) < 4.78 is 35.6. The van der Waals surface area contributed by atoms with E-state index in [1.165, 1.54) is 28.1 Å². The van der Waals surface area contributed by atoms with Crippen molar-refractivity contribution >= 4 is 33.1 Å². The Morgan fingerprint density at radius 1 is 0.524 bits per heavy atom. The molecule has 0 aliphatic heterocycles. The third-order valence-corrected chi connectivity index (χ3v) is 6.89. The summed E-state index contributed by atoms with van der Waals surface area (Å²) in [5.74, 6) is 2.64. The topological polar surface area (TPSA) is 89.5 Å². The summed E-state index contributed by atoms with van der Waals surface area (Å²) >= 11 is 0. The molecular weight excluding hydrogens is 536 g/mol. The maximum Gasteiger partial charge on any atom is 0.163 e. The number of hydrogen-bond donors (Lipinski definition) is 0. The largest absolute Gasteiger partial charge is 0.496 e. The van der Waals surface area contributed by atoms with Crippen molar-refractivity contribution in [1.82, 2.24) is 0 Å². The number of Topliss-reactive ketones (excluding diaryl/α,β-unsaturated/α-hetero) is 2. The van der Waals surface area contributed by atoms with Gasteiger partial charge in [0.2, 0.25) is 0 Å². The first-order chi connectivity index (χ1) is 19.9. The van der Waals surface area contributed by atoms with Crippen molar-refractivity contribution in [2.24, 2.45) is 0 Å². The van der Waals surface area contributed by atoms with Gasteiger partial charge in [0.25, 0.3) is 0 Å². The Kier molecular flexibility index (Phi) is 8.85. The van der Waals surface area contributed by atoms with Crippen LogP contribution >= 0.6 is 0 Å². The van der Waals surface area contributed by atoms with Crippen LogP contribution in [0.5, 0.6) is 34.5 Å². The molecule has 0 unspecified atom stereocenters. The lowest BCUT2D eigenvalue weighted by atomic mass is 9.93. The number of benzene rings is 4. The van der Waals surface area contributed by atoms with Gasteiger partial charge in [0, 0.05) is 10.8 Å². The maximum absolute atomic E-state index is 12.6. The highest BCUT2D eigenvalue weighted by molar-refractivity contribution is 6.11. The molecule has 0 N–H and O–H groups in total. The van der Waals surface area contributed by atoms with Gasteiger partial charge >= 0.3 is 0 Å². The maximum atomic E-state index is 12.6. The van der Waals surface area contributed by atoms with Crippen molar-refractivity contribution in [2.75, 3.05) is 28.4 Å². The Labute approximate surface area is 246 Å². The molecule has 0 spiro atoms. The van der Waals surface area contributed by atoms with Gasteiger partial charge in [-0.05, 0) is 89.1 Å². The number of carbonyl (C=O) groups excluding carboxylic acids is 2. The normalized spacial score (nSPS) is 11.2. The van der Waals surface area contributed by atoms with E-state index >= 15 is 0 Å². The summed E-state index contributed by atoms with van der Waals surface area (Å²) in [4.78, 5) is 25.2. The molecule has 4 rings (SSSR count). The number of carbonyl (C=O) groups is 2. The molecule has 0 amide bonds. The van der Waals surface area contributed by atoms with E-state index in [9.17, 15) is 9.59 Å². The first-order valence-corrected chi connectivity index (χ1v) is 13.8. The molecule has 0 atom stereocenters. The molecule has 4 aromatic rings. The van der Waals surface area contributed by atoms with Crippen LogP contribution in [0.1, 0.15) is 62.3 Å². The van der Waals surface area contributed by atoms with Crippen LogP contribution in [0.3, 0.4) is 0 Å². The Bertz CT molecular complexity index is 1560. The SMILES string of the molecule is COc1cc(-c2cc(OC)c3c(OC)c(C(C)=O)cc(OC(C)C)c3c2)cc2c(OC(C)C)cc(C(C)=O)c(OC)c12. The predicted octanol–water partition coefficient (Wildman–Crippen LogP) is 7.67. The average molecular weight is 575 g/mol. The number of ketones is 2. The lowest BCUT2D eigenvalue weighted by Gasteiger charge is -2.21. The van der Waals surface area contributed by atoms with E-state index in [2.05, 4.69) is 0 Å². The molecule has 8 nitrogen and oxygen atoms in total. The molecule has 0 saturated heterocycles. The molecule has 0 radical (unpaired) electrons. The zero-order chi connectivity index (χ0) is 30.9. The molecule has 0 bridgehead atoms. The minimum Gasteiger partial charge on any atom is -0.496 e. The van der Waals surface area contributed by atoms with Gasteiger partial charge < -0.3 is 28.4 Å². The van der Waals surface area contributed by atoms with Crippen LogP contribution in [0.15, 0.2) is 36.4 Å². The third kappa shape index (κ3) is 5.53. The van der Waals surface area contributed by atoms with Gasteiger partial charge in [-0.1, -0.05) is 0 Å². The van der Waals surface area contributed by atoms with Crippen molar-refractivity contribution in [2.45, 2.75) is 53.8 Å². The molecule has 0 aliphatic rings. The zero-order valence-corrected chi connectivity index (χ0v) is 25.9. The lowest BCUT2D eigenvalue weighted by Crippen LogP contribution is -2.09. The fraction of sp³-hybridized carbons (Fsp3) is 0.353. The predicted molar refractivity (Wildman–Crippen MR) is 165 cm³/mol. The van der Waals surface area contributed by atoms with E-state index in [-0.39, 0.29) is 23.8 Å². The summed E-state index contributed by atoms with van der Waals surface area (Å²) in [6.07, 6.45) is -0.286. The van der Waals surface area contributed by atoms with Crippen LogP contribution in [-0.2, 0) is 0 Å². The first kappa shape index (κ1) is 30.5. The van der Waals surface area contributed by atoms with Gasteiger partial charge in [0.1, 0.15) is 34.5 Å². The van der Waals surface area contributed by atoms with Gasteiger partial charge in [-0.3, -0.25) is 9.59 Å². The molecule has 4 aromatic carbocycles. The Morgan fingerprint density at radius 2 is 0.881 bits per heavy atom. The standard InChI is InChI=1S/C34H38O8/c1-17(2)41-27-15-23(19(5)35)33(39-9)31-25(27)11-21(13-29(31)37-7)22-12-26-28(42-18(3)4)16-24(20(6)36)34(40-10)32(26)30(14-22)38-8/h11-18H,1-10H3. The molecule has 0 saturated carbocycles. The van der Waals surface area contributed by atoms with Gasteiger partial charge in [-0.15, -0.1) is 0 Å². The van der Waals surface area contributed by atoms with E-state index in [1.54, 1.807) is 26.4 Å². The van der Waals surface area contributed by atoms with E-state index < -0.39 is 0 Å². The van der Waals surface area contributed by atoms with E-state index in [0.717, 1.165) is 21.9 Å². The number of hydrogen-bond acceptors (Lipinski definition) is 8. The molecule has 8 heteroatoms. The third-order valence-electron chi connectivity index (χ3n) is 6.89. The number of fused-ring (bicyclic) bond motifs is 2. The van der Waals surface area contributed by atoms with Crippen molar-refractivity contribution < 1.29 is 38.0 Å². The summed E-state index contributed by atoms with van der Waals surface area (Å²) in [7, 11) is 6.21. The molecule has 42 heavy (non-hydrogen) atoms. The minimum absolute atomic E-state index is 0.143. The van der Waals surface area contributed by atoms with E-state index in [0.29, 0.717) is 56.4 Å². The molecule has 0 aromatic heterocycles. The van der Waals surface area contributed by atoms with Crippen molar-refractivity contribution in [3.05, 3.63) is 47.5 Å². The second-order valence-corrected chi connectivity index (χ2v) is 10.6. The fourth-order valence-corrected chi connectivity index (χ4v) is 5.21. The van der Waals surface area contributed by atoms with Crippen molar-refractivity contribution in [3.8, 4) is 45.6 Å². The Balaban J connectivity index is 2.14. The average Bonchev–Trinajstić information content (AvgIpc) is 2.94. The van der Waals surface area contributed by atoms with Crippen LogP contribution in [0, 0.1) is 0 Å². The quantitative estimate of drug-likeness (QED) is 0.169. The monoisotopic (exact) mass is 574 g/mol. The number of methoxy groups -OCH3 is 4. The highest BCUT2D eigenvalue weighted by atomic mass is 16.5. The second-order valence-electron chi connectivity index (χ2n) is 10.6. The van der Waals surface area contributed by atoms with Crippen molar-refractivity contribution in [1.29, 1.82) is 0 Å². The molecular formula is C34H38O8.